The van der Waals surface area contributed by atoms with E-state index in [0.717, 1.165) is 0 Å². The minimum absolute atomic E-state index is 0.00642. The molecule has 0 saturated heterocycles. The molecule has 0 spiro atoms. The van der Waals surface area contributed by atoms with Crippen LogP contribution in [0.2, 0.25) is 0 Å². The van der Waals surface area contributed by atoms with Crippen LogP contribution in [0.5, 0.6) is 11.5 Å². The first-order valence-electron chi connectivity index (χ1n) is 10.9. The molecule has 1 aromatic heterocycles. The fourth-order valence-electron chi connectivity index (χ4n) is 3.67. The molecule has 2 aromatic rings. The smallest absolute Gasteiger partial charge is 0.257 e. The number of aryl methyl sites for hydroxylation is 1. The molecule has 174 valence electrons. The van der Waals surface area contributed by atoms with Crippen LogP contribution in [-0.4, -0.2) is 61.3 Å². The first-order valence-corrected chi connectivity index (χ1v) is 10.9. The number of carbonyl (C=O) groups is 2. The fraction of sp³-hybridized carbons (Fsp3) is 0.522. The number of ether oxygens (including phenoxy) is 2. The van der Waals surface area contributed by atoms with E-state index in [4.69, 9.17) is 9.47 Å². The molecular weight excluding hydrogens is 412 g/mol. The summed E-state index contributed by atoms with van der Waals surface area (Å²) in [7, 11) is 3.84. The van der Waals surface area contributed by atoms with Crippen molar-refractivity contribution in [3.8, 4) is 11.5 Å². The Balaban J connectivity index is 1.90. The zero-order valence-electron chi connectivity index (χ0n) is 19.4. The van der Waals surface area contributed by atoms with Crippen molar-refractivity contribution in [2.75, 3.05) is 34.0 Å². The van der Waals surface area contributed by atoms with E-state index < -0.39 is 17.4 Å². The van der Waals surface area contributed by atoms with Gasteiger partial charge in [0.05, 0.1) is 10.9 Å². The van der Waals surface area contributed by atoms with Gasteiger partial charge in [0.2, 0.25) is 18.1 Å². The van der Waals surface area contributed by atoms with Crippen LogP contribution in [-0.2, 0) is 11.3 Å². The highest BCUT2D eigenvalue weighted by molar-refractivity contribution is 6.00. The predicted molar refractivity (Wildman–Crippen MR) is 122 cm³/mol. The summed E-state index contributed by atoms with van der Waals surface area (Å²) in [6.45, 7) is 7.70. The third kappa shape index (κ3) is 5.21. The molecule has 2 N–H and O–H groups in total. The van der Waals surface area contributed by atoms with E-state index in [1.807, 2.05) is 44.3 Å². The number of fused-ring (bicyclic) bond motifs is 2. The molecule has 2 heterocycles. The maximum atomic E-state index is 13.2. The number of likely N-dealkylation sites (N-methyl/N-ethyl adjacent to an activating group) is 1. The van der Waals surface area contributed by atoms with Crippen LogP contribution >= 0.6 is 0 Å². The molecule has 0 fully saturated rings. The van der Waals surface area contributed by atoms with Crippen molar-refractivity contribution in [1.29, 1.82) is 0 Å². The van der Waals surface area contributed by atoms with Crippen molar-refractivity contribution in [3.05, 3.63) is 34.1 Å². The van der Waals surface area contributed by atoms with Crippen molar-refractivity contribution in [1.82, 2.24) is 20.1 Å². The number of hydrogen-bond donors (Lipinski definition) is 2. The van der Waals surface area contributed by atoms with Gasteiger partial charge in [-0.2, -0.15) is 0 Å². The summed E-state index contributed by atoms with van der Waals surface area (Å²) in [4.78, 5) is 41.0. The van der Waals surface area contributed by atoms with Crippen molar-refractivity contribution < 1.29 is 19.1 Å². The predicted octanol–water partition coefficient (Wildman–Crippen LogP) is 1.57. The lowest BCUT2D eigenvalue weighted by atomic mass is 10.0. The van der Waals surface area contributed by atoms with Gasteiger partial charge in [0, 0.05) is 31.9 Å². The van der Waals surface area contributed by atoms with Gasteiger partial charge in [-0.15, -0.1) is 0 Å². The zero-order chi connectivity index (χ0) is 23.4. The maximum absolute atomic E-state index is 13.2. The topological polar surface area (TPSA) is 102 Å². The van der Waals surface area contributed by atoms with Gasteiger partial charge in [-0.3, -0.25) is 14.4 Å². The third-order valence-corrected chi connectivity index (χ3v) is 5.35. The Hall–Kier alpha value is -3.07. The van der Waals surface area contributed by atoms with Gasteiger partial charge in [0.25, 0.3) is 5.91 Å². The Morgan fingerprint density at radius 2 is 1.88 bits per heavy atom. The molecular formula is C23H32N4O5. The van der Waals surface area contributed by atoms with E-state index in [1.54, 1.807) is 18.3 Å². The number of carbonyl (C=O) groups excluding carboxylic acids is 2. The molecule has 1 aliphatic heterocycles. The minimum atomic E-state index is -0.730. The van der Waals surface area contributed by atoms with Gasteiger partial charge >= 0.3 is 0 Å². The Bertz CT molecular complexity index is 1060. The summed E-state index contributed by atoms with van der Waals surface area (Å²) in [5.41, 5.74) is 0.253. The normalized spacial score (nSPS) is 13.6. The van der Waals surface area contributed by atoms with Crippen LogP contribution < -0.4 is 25.5 Å². The second-order valence-corrected chi connectivity index (χ2v) is 8.63. The standard InChI is InChI=1S/C23H32N4O5/c1-6-27-12-16(21(28)15-10-19-20(11-18(15)27)32-13-31-19)22(29)25-17(9-14(2)3)23(30)24-7-8-26(4)5/h10-12,14,17H,6-9,13H2,1-5H3,(H,24,30)(H,25,29)/t17-/m0/s1. The van der Waals surface area contributed by atoms with Crippen molar-refractivity contribution >= 4 is 22.7 Å². The van der Waals surface area contributed by atoms with Crippen LogP contribution in [0.1, 0.15) is 37.6 Å². The van der Waals surface area contributed by atoms with Gasteiger partial charge in [-0.05, 0) is 39.4 Å². The molecule has 0 unspecified atom stereocenters. The highest BCUT2D eigenvalue weighted by Gasteiger charge is 2.25. The largest absolute Gasteiger partial charge is 0.454 e. The molecule has 2 amide bonds. The van der Waals surface area contributed by atoms with Gasteiger partial charge in [0.1, 0.15) is 11.6 Å². The second kappa shape index (κ2) is 10.0. The van der Waals surface area contributed by atoms with Gasteiger partial charge in [0.15, 0.2) is 11.5 Å². The number of nitrogens with zero attached hydrogens (tertiary/aromatic N) is 2. The number of amides is 2. The lowest BCUT2D eigenvalue weighted by molar-refractivity contribution is -0.123. The molecule has 9 heteroatoms. The third-order valence-electron chi connectivity index (χ3n) is 5.35. The summed E-state index contributed by atoms with van der Waals surface area (Å²) in [6.07, 6.45) is 2.01. The van der Waals surface area contributed by atoms with E-state index in [9.17, 15) is 14.4 Å². The maximum Gasteiger partial charge on any atom is 0.257 e. The summed E-state index contributed by atoms with van der Waals surface area (Å²) < 4.78 is 12.6. The fourth-order valence-corrected chi connectivity index (χ4v) is 3.67. The minimum Gasteiger partial charge on any atom is -0.454 e. The molecule has 32 heavy (non-hydrogen) atoms. The summed E-state index contributed by atoms with van der Waals surface area (Å²) >= 11 is 0. The molecule has 1 aliphatic rings. The SMILES string of the molecule is CCn1cc(C(=O)N[C@@H](CC(C)C)C(=O)NCCN(C)C)c(=O)c2cc3c(cc21)OCO3. The van der Waals surface area contributed by atoms with E-state index in [2.05, 4.69) is 10.6 Å². The first-order chi connectivity index (χ1) is 15.2. The summed E-state index contributed by atoms with van der Waals surface area (Å²) in [5.74, 6) is 0.415. The molecule has 1 aromatic carbocycles. The van der Waals surface area contributed by atoms with E-state index in [-0.39, 0.29) is 24.2 Å². The molecule has 0 bridgehead atoms. The number of aromatic nitrogens is 1. The summed E-state index contributed by atoms with van der Waals surface area (Å²) in [5, 5.41) is 6.01. The Morgan fingerprint density at radius 1 is 1.19 bits per heavy atom. The van der Waals surface area contributed by atoms with Crippen molar-refractivity contribution in [2.45, 2.75) is 39.8 Å². The molecule has 0 aliphatic carbocycles. The molecule has 3 rings (SSSR count). The van der Waals surface area contributed by atoms with Gasteiger partial charge in [-0.1, -0.05) is 13.8 Å². The highest BCUT2D eigenvalue weighted by atomic mass is 16.7. The average molecular weight is 445 g/mol. The molecule has 9 nitrogen and oxygen atoms in total. The highest BCUT2D eigenvalue weighted by Crippen LogP contribution is 2.35. The lowest BCUT2D eigenvalue weighted by Crippen LogP contribution is -2.49. The molecule has 1 atom stereocenters. The van der Waals surface area contributed by atoms with Gasteiger partial charge < -0.3 is 29.6 Å². The van der Waals surface area contributed by atoms with Crippen molar-refractivity contribution in [3.63, 3.8) is 0 Å². The molecule has 0 saturated carbocycles. The van der Waals surface area contributed by atoms with Crippen LogP contribution in [0, 0.1) is 5.92 Å². The van der Waals surface area contributed by atoms with Gasteiger partial charge in [-0.25, -0.2) is 0 Å². The number of nitrogens with one attached hydrogen (secondary N) is 2. The monoisotopic (exact) mass is 444 g/mol. The number of rotatable bonds is 9. The Kier molecular flexibility index (Phi) is 7.40. The van der Waals surface area contributed by atoms with E-state index >= 15 is 0 Å². The van der Waals surface area contributed by atoms with Crippen LogP contribution in [0.25, 0.3) is 10.9 Å². The first kappa shape index (κ1) is 23.6. The Labute approximate surface area is 187 Å². The molecule has 0 radical (unpaired) electrons. The van der Waals surface area contributed by atoms with E-state index in [1.165, 1.54) is 0 Å². The Morgan fingerprint density at radius 3 is 2.50 bits per heavy atom. The van der Waals surface area contributed by atoms with Crippen molar-refractivity contribution in [2.24, 2.45) is 5.92 Å². The average Bonchev–Trinajstić information content (AvgIpc) is 3.19. The van der Waals surface area contributed by atoms with Crippen LogP contribution in [0.3, 0.4) is 0 Å². The summed E-state index contributed by atoms with van der Waals surface area (Å²) in [6, 6.07) is 2.64. The van der Waals surface area contributed by atoms with Crippen LogP contribution in [0.4, 0.5) is 0 Å². The number of benzene rings is 1. The zero-order valence-corrected chi connectivity index (χ0v) is 19.4. The number of hydrogen-bond acceptors (Lipinski definition) is 6. The second-order valence-electron chi connectivity index (χ2n) is 8.63. The lowest BCUT2D eigenvalue weighted by Gasteiger charge is -2.21. The van der Waals surface area contributed by atoms with Crippen LogP contribution in [0.15, 0.2) is 23.1 Å². The quantitative estimate of drug-likeness (QED) is 0.609. The number of pyridine rings is 1. The van der Waals surface area contributed by atoms with E-state index in [0.29, 0.717) is 48.5 Å².